The molecule has 30 heavy (non-hydrogen) atoms. The fraction of sp³-hybridized carbons (Fsp3) is 0.500. The molecule has 1 aromatic carbocycles. The third-order valence-corrected chi connectivity index (χ3v) is 6.10. The van der Waals surface area contributed by atoms with Crippen LogP contribution in [0.3, 0.4) is 0 Å². The van der Waals surface area contributed by atoms with E-state index in [0.29, 0.717) is 68.7 Å². The van der Waals surface area contributed by atoms with Gasteiger partial charge in [0.2, 0.25) is 15.9 Å². The average molecular weight is 438 g/mol. The number of hydrogen-bond acceptors (Lipinski definition) is 7. The molecule has 0 saturated heterocycles. The number of nitrogens with one attached hydrogen (secondary N) is 2. The quantitative estimate of drug-likeness (QED) is 0.547. The summed E-state index contributed by atoms with van der Waals surface area (Å²) in [6.45, 7) is 5.07. The first-order valence-corrected chi connectivity index (χ1v) is 11.4. The maximum atomic E-state index is 12.4. The molecule has 0 aliphatic carbocycles. The second kappa shape index (κ2) is 9.94. The van der Waals surface area contributed by atoms with Crippen molar-refractivity contribution >= 4 is 15.9 Å². The van der Waals surface area contributed by atoms with Gasteiger partial charge >= 0.3 is 0 Å². The number of ether oxygens (including phenoxy) is 2. The van der Waals surface area contributed by atoms with Gasteiger partial charge in [-0.2, -0.15) is 0 Å². The minimum Gasteiger partial charge on any atom is -0.486 e. The largest absolute Gasteiger partial charge is 0.486 e. The van der Waals surface area contributed by atoms with E-state index in [-0.39, 0.29) is 10.8 Å². The zero-order valence-electron chi connectivity index (χ0n) is 17.2. The predicted octanol–water partition coefficient (Wildman–Crippen LogP) is 2.22. The highest BCUT2D eigenvalue weighted by Gasteiger charge is 2.19. The van der Waals surface area contributed by atoms with Crippen molar-refractivity contribution in [2.24, 2.45) is 0 Å². The second-order valence-electron chi connectivity index (χ2n) is 7.03. The van der Waals surface area contributed by atoms with Gasteiger partial charge in [0, 0.05) is 26.0 Å². The molecule has 3 rings (SSSR count). The van der Waals surface area contributed by atoms with Gasteiger partial charge < -0.3 is 19.2 Å². The van der Waals surface area contributed by atoms with Gasteiger partial charge in [0.15, 0.2) is 17.4 Å². The molecule has 2 N–H and O–H groups in total. The Morgan fingerprint density at radius 2 is 1.87 bits per heavy atom. The highest BCUT2D eigenvalue weighted by molar-refractivity contribution is 7.89. The molecular weight excluding hydrogens is 410 g/mol. The fourth-order valence-electron chi connectivity index (χ4n) is 3.07. The zero-order chi connectivity index (χ0) is 21.6. The van der Waals surface area contributed by atoms with Crippen molar-refractivity contribution in [3.05, 3.63) is 35.5 Å². The number of rotatable bonds is 10. The Kier molecular flexibility index (Phi) is 7.33. The molecule has 1 aliphatic rings. The van der Waals surface area contributed by atoms with E-state index in [4.69, 9.17) is 13.9 Å². The molecule has 0 atom stereocenters. The fourth-order valence-corrected chi connectivity index (χ4v) is 4.16. The van der Waals surface area contributed by atoms with Crippen LogP contribution in [0.15, 0.2) is 27.5 Å². The van der Waals surface area contributed by atoms with Crippen molar-refractivity contribution in [2.75, 3.05) is 19.8 Å². The molecule has 0 bridgehead atoms. The number of nitrogens with zero attached hydrogens (tertiary/aromatic N) is 1. The van der Waals surface area contributed by atoms with Crippen molar-refractivity contribution in [2.45, 2.75) is 51.0 Å². The van der Waals surface area contributed by atoms with Gasteiger partial charge in [-0.05, 0) is 31.9 Å². The first kappa shape index (κ1) is 22.1. The third kappa shape index (κ3) is 5.96. The summed E-state index contributed by atoms with van der Waals surface area (Å²) in [7, 11) is -3.62. The lowest BCUT2D eigenvalue weighted by molar-refractivity contribution is -0.121. The number of fused-ring (bicyclic) bond motifs is 1. The number of benzene rings is 1. The normalized spacial score (nSPS) is 13.3. The number of carbonyl (C=O) groups excluding carboxylic acids is 1. The van der Waals surface area contributed by atoms with E-state index in [0.717, 1.165) is 12.1 Å². The number of oxazole rings is 1. The van der Waals surface area contributed by atoms with Crippen LogP contribution in [-0.2, 0) is 21.4 Å². The highest BCUT2D eigenvalue weighted by atomic mass is 32.2. The van der Waals surface area contributed by atoms with E-state index in [1.807, 2.05) is 6.92 Å². The maximum Gasteiger partial charge on any atom is 0.240 e. The predicted molar refractivity (Wildman–Crippen MR) is 109 cm³/mol. The molecule has 10 heteroatoms. The standard InChI is InChI=1S/C20H27N3O6S/c1-14-19(29-15(2)23-14)13-21-20(24)6-4-3-5-9-22-30(25,26)16-7-8-17-18(12-16)28-11-10-27-17/h7-8,12,22H,3-6,9-11,13H2,1-2H3,(H,21,24). The third-order valence-electron chi connectivity index (χ3n) is 4.64. The number of hydrogen-bond donors (Lipinski definition) is 2. The number of amides is 1. The van der Waals surface area contributed by atoms with Crippen molar-refractivity contribution in [1.29, 1.82) is 0 Å². The molecule has 2 heterocycles. The number of aryl methyl sites for hydroxylation is 2. The molecule has 0 spiro atoms. The number of aromatic nitrogens is 1. The second-order valence-corrected chi connectivity index (χ2v) is 8.80. The number of sulfonamides is 1. The van der Waals surface area contributed by atoms with Gasteiger partial charge in [-0.3, -0.25) is 4.79 Å². The molecule has 1 amide bonds. The van der Waals surface area contributed by atoms with Crippen molar-refractivity contribution < 1.29 is 27.1 Å². The summed E-state index contributed by atoms with van der Waals surface area (Å²) < 4.78 is 43.7. The van der Waals surface area contributed by atoms with E-state index in [1.165, 1.54) is 12.1 Å². The van der Waals surface area contributed by atoms with Crippen LogP contribution in [0.2, 0.25) is 0 Å². The summed E-state index contributed by atoms with van der Waals surface area (Å²) in [4.78, 5) is 16.2. The molecule has 0 saturated carbocycles. The number of unbranched alkanes of at least 4 members (excludes halogenated alkanes) is 2. The molecule has 9 nitrogen and oxygen atoms in total. The summed E-state index contributed by atoms with van der Waals surface area (Å²) in [5.41, 5.74) is 0.776. The minimum atomic E-state index is -3.62. The summed E-state index contributed by atoms with van der Waals surface area (Å²) in [6.07, 6.45) is 2.42. The Labute approximate surface area is 176 Å². The Morgan fingerprint density at radius 1 is 1.10 bits per heavy atom. The molecular formula is C20H27N3O6S. The first-order chi connectivity index (χ1) is 14.3. The summed E-state index contributed by atoms with van der Waals surface area (Å²) in [5.74, 6) is 2.16. The highest BCUT2D eigenvalue weighted by Crippen LogP contribution is 2.32. The summed E-state index contributed by atoms with van der Waals surface area (Å²) in [6, 6.07) is 4.57. The van der Waals surface area contributed by atoms with Gasteiger partial charge in [0.05, 0.1) is 17.1 Å². The average Bonchev–Trinajstić information content (AvgIpc) is 3.05. The van der Waals surface area contributed by atoms with Crippen LogP contribution in [0.1, 0.15) is 43.0 Å². The van der Waals surface area contributed by atoms with Crippen molar-refractivity contribution in [3.8, 4) is 11.5 Å². The molecule has 0 radical (unpaired) electrons. The van der Waals surface area contributed by atoms with E-state index in [2.05, 4.69) is 15.0 Å². The summed E-state index contributed by atoms with van der Waals surface area (Å²) in [5, 5.41) is 2.81. The van der Waals surface area contributed by atoms with Crippen LogP contribution in [0.5, 0.6) is 11.5 Å². The van der Waals surface area contributed by atoms with Crippen LogP contribution in [-0.4, -0.2) is 39.1 Å². The van der Waals surface area contributed by atoms with Gasteiger partial charge in [-0.1, -0.05) is 6.42 Å². The van der Waals surface area contributed by atoms with E-state index in [1.54, 1.807) is 13.0 Å². The van der Waals surface area contributed by atoms with Crippen LogP contribution < -0.4 is 19.5 Å². The monoisotopic (exact) mass is 437 g/mol. The Hall–Kier alpha value is -2.59. The van der Waals surface area contributed by atoms with E-state index >= 15 is 0 Å². The Morgan fingerprint density at radius 3 is 2.60 bits per heavy atom. The molecule has 0 unspecified atom stereocenters. The molecule has 0 fully saturated rings. The smallest absolute Gasteiger partial charge is 0.240 e. The lowest BCUT2D eigenvalue weighted by Crippen LogP contribution is -2.25. The van der Waals surface area contributed by atoms with Gasteiger partial charge in [-0.15, -0.1) is 0 Å². The molecule has 164 valence electrons. The van der Waals surface area contributed by atoms with Crippen LogP contribution >= 0.6 is 0 Å². The van der Waals surface area contributed by atoms with Crippen LogP contribution in [0, 0.1) is 13.8 Å². The zero-order valence-corrected chi connectivity index (χ0v) is 18.0. The minimum absolute atomic E-state index is 0.0692. The first-order valence-electron chi connectivity index (χ1n) is 9.94. The topological polar surface area (TPSA) is 120 Å². The van der Waals surface area contributed by atoms with Crippen LogP contribution in [0.25, 0.3) is 0 Å². The van der Waals surface area contributed by atoms with E-state index in [9.17, 15) is 13.2 Å². The molecule has 1 aliphatic heterocycles. The van der Waals surface area contributed by atoms with E-state index < -0.39 is 10.0 Å². The lowest BCUT2D eigenvalue weighted by Gasteiger charge is -2.18. The van der Waals surface area contributed by atoms with Crippen molar-refractivity contribution in [3.63, 3.8) is 0 Å². The van der Waals surface area contributed by atoms with Gasteiger partial charge in [0.1, 0.15) is 19.0 Å². The Balaban J connectivity index is 1.33. The SMILES string of the molecule is Cc1nc(C)c(CNC(=O)CCCCCNS(=O)(=O)c2ccc3c(c2)OCCO3)o1. The maximum absolute atomic E-state index is 12.4. The van der Waals surface area contributed by atoms with Crippen molar-refractivity contribution in [1.82, 2.24) is 15.0 Å². The lowest BCUT2D eigenvalue weighted by atomic mass is 10.2. The Bertz CT molecular complexity index is 986. The molecule has 1 aromatic heterocycles. The van der Waals surface area contributed by atoms with Gasteiger partial charge in [-0.25, -0.2) is 18.1 Å². The summed E-state index contributed by atoms with van der Waals surface area (Å²) >= 11 is 0. The van der Waals surface area contributed by atoms with Gasteiger partial charge in [0.25, 0.3) is 0 Å². The van der Waals surface area contributed by atoms with Crippen LogP contribution in [0.4, 0.5) is 0 Å². The number of carbonyl (C=O) groups is 1. The molecule has 2 aromatic rings.